The van der Waals surface area contributed by atoms with E-state index in [0.717, 1.165) is 19.3 Å². The Bertz CT molecular complexity index is 368. The van der Waals surface area contributed by atoms with Crippen molar-refractivity contribution in [3.8, 4) is 0 Å². The van der Waals surface area contributed by atoms with Gasteiger partial charge in [-0.25, -0.2) is 4.39 Å². The summed E-state index contributed by atoms with van der Waals surface area (Å²) in [6.07, 6.45) is -13.1. The number of rotatable bonds is 4. The van der Waals surface area contributed by atoms with E-state index in [-0.39, 0.29) is 16.0 Å². The molecule has 1 fully saturated rings. The Morgan fingerprint density at radius 2 is 1.12 bits per heavy atom. The standard InChI is InChI=1S/C7H13FS2.C5H3F9S2/c1-9-10-7-5-3-2-4-6(7)8;1-15-16-2(3(6,7)8,4(9,10)11)5(12,13)14/h6-7H,2-5H2,1H3;1H3. The molecule has 0 N–H and O–H groups in total. The monoisotopic (exact) mass is 478 g/mol. The second kappa shape index (κ2) is 10.5. The minimum absolute atomic E-state index is 0.254. The van der Waals surface area contributed by atoms with Crippen LogP contribution in [0.1, 0.15) is 25.7 Å². The maximum absolute atomic E-state index is 13.0. The molecule has 0 radical (unpaired) electrons. The van der Waals surface area contributed by atoms with E-state index in [9.17, 15) is 43.9 Å². The molecule has 1 aliphatic rings. The fourth-order valence-corrected chi connectivity index (χ4v) is 6.33. The van der Waals surface area contributed by atoms with Crippen molar-refractivity contribution in [3.05, 3.63) is 0 Å². The van der Waals surface area contributed by atoms with Gasteiger partial charge in [-0.1, -0.05) is 56.0 Å². The van der Waals surface area contributed by atoms with E-state index in [1.54, 1.807) is 21.6 Å². The number of alkyl halides is 10. The van der Waals surface area contributed by atoms with Gasteiger partial charge in [0.25, 0.3) is 0 Å². The van der Waals surface area contributed by atoms with Crippen molar-refractivity contribution in [2.24, 2.45) is 0 Å². The predicted octanol–water partition coefficient (Wildman–Crippen LogP) is 7.70. The van der Waals surface area contributed by atoms with Gasteiger partial charge in [-0.2, -0.15) is 39.5 Å². The molecule has 26 heavy (non-hydrogen) atoms. The maximum atomic E-state index is 13.0. The van der Waals surface area contributed by atoms with Gasteiger partial charge in [0.15, 0.2) is 0 Å². The summed E-state index contributed by atoms with van der Waals surface area (Å²) in [5.74, 6) is 0. The van der Waals surface area contributed by atoms with Crippen LogP contribution in [0.25, 0.3) is 0 Å². The van der Waals surface area contributed by atoms with Crippen LogP contribution in [0, 0.1) is 0 Å². The molecule has 14 heteroatoms. The largest absolute Gasteiger partial charge is 0.422 e. The maximum Gasteiger partial charge on any atom is 0.422 e. The van der Waals surface area contributed by atoms with E-state index < -0.39 is 40.2 Å². The lowest BCUT2D eigenvalue weighted by molar-refractivity contribution is -0.344. The number of halogens is 10. The van der Waals surface area contributed by atoms with Gasteiger partial charge in [0.1, 0.15) is 6.17 Å². The third-order valence-electron chi connectivity index (χ3n) is 3.25. The lowest BCUT2D eigenvalue weighted by Crippen LogP contribution is -2.63. The van der Waals surface area contributed by atoms with Gasteiger partial charge in [0, 0.05) is 5.25 Å². The molecule has 0 spiro atoms. The van der Waals surface area contributed by atoms with Crippen molar-refractivity contribution >= 4 is 43.2 Å². The molecule has 2 atom stereocenters. The lowest BCUT2D eigenvalue weighted by Gasteiger charge is -2.36. The quantitative estimate of drug-likeness (QED) is 0.300. The minimum atomic E-state index is -6.48. The van der Waals surface area contributed by atoms with Gasteiger partial charge in [0.05, 0.1) is 0 Å². The first-order valence-electron chi connectivity index (χ1n) is 6.91. The van der Waals surface area contributed by atoms with Crippen molar-refractivity contribution in [2.45, 2.75) is 60.4 Å². The van der Waals surface area contributed by atoms with Crippen molar-refractivity contribution < 1.29 is 43.9 Å². The molecule has 0 aromatic heterocycles. The molecular weight excluding hydrogens is 462 g/mol. The summed E-state index contributed by atoms with van der Waals surface area (Å²) < 4.78 is 116. The zero-order valence-corrected chi connectivity index (χ0v) is 16.7. The summed E-state index contributed by atoms with van der Waals surface area (Å²) in [6, 6.07) is 0. The summed E-state index contributed by atoms with van der Waals surface area (Å²) in [5.41, 5.74) is 0. The molecule has 0 nitrogen and oxygen atoms in total. The van der Waals surface area contributed by atoms with Crippen LogP contribution in [-0.2, 0) is 0 Å². The van der Waals surface area contributed by atoms with Crippen molar-refractivity contribution in [2.75, 3.05) is 12.5 Å². The smallest absolute Gasteiger partial charge is 0.246 e. The predicted molar refractivity (Wildman–Crippen MR) is 90.3 cm³/mol. The molecule has 0 heterocycles. The number of hydrogen-bond donors (Lipinski definition) is 0. The highest BCUT2D eigenvalue weighted by Gasteiger charge is 2.84. The highest BCUT2D eigenvalue weighted by atomic mass is 33.1. The molecule has 2 unspecified atom stereocenters. The fraction of sp³-hybridized carbons (Fsp3) is 1.00. The molecule has 158 valence electrons. The van der Waals surface area contributed by atoms with Crippen LogP contribution in [0.15, 0.2) is 0 Å². The van der Waals surface area contributed by atoms with Crippen LogP contribution in [0.4, 0.5) is 43.9 Å². The molecular formula is C12H16F10S4. The highest BCUT2D eigenvalue weighted by molar-refractivity contribution is 8.77. The van der Waals surface area contributed by atoms with Gasteiger partial charge in [-0.3, -0.25) is 0 Å². The highest BCUT2D eigenvalue weighted by Crippen LogP contribution is 2.62. The second-order valence-corrected chi connectivity index (χ2v) is 10.3. The van der Waals surface area contributed by atoms with E-state index in [4.69, 9.17) is 0 Å². The van der Waals surface area contributed by atoms with Crippen molar-refractivity contribution in [1.82, 2.24) is 0 Å². The Labute approximate surface area is 160 Å². The van der Waals surface area contributed by atoms with Crippen molar-refractivity contribution in [3.63, 3.8) is 0 Å². The third kappa shape index (κ3) is 6.64. The summed E-state index contributed by atoms with van der Waals surface area (Å²) in [4.78, 5) is 0. The van der Waals surface area contributed by atoms with Crippen molar-refractivity contribution in [1.29, 1.82) is 0 Å². The van der Waals surface area contributed by atoms with Gasteiger partial charge in [-0.15, -0.1) is 0 Å². The van der Waals surface area contributed by atoms with Gasteiger partial charge >= 0.3 is 23.3 Å². The summed E-state index contributed by atoms with van der Waals surface area (Å²) in [6.45, 7) is 0. The molecule has 0 amide bonds. The molecule has 1 aliphatic carbocycles. The Morgan fingerprint density at radius 3 is 1.38 bits per heavy atom. The summed E-state index contributed by atoms with van der Waals surface area (Å²) in [7, 11) is 1.82. The Balaban J connectivity index is 0.000000531. The van der Waals surface area contributed by atoms with E-state index >= 15 is 0 Å². The Kier molecular flexibility index (Phi) is 10.8. The van der Waals surface area contributed by atoms with Crippen LogP contribution < -0.4 is 0 Å². The average molecular weight is 479 g/mol. The van der Waals surface area contributed by atoms with Crippen LogP contribution in [0.3, 0.4) is 0 Å². The molecule has 0 bridgehead atoms. The molecule has 0 aliphatic heterocycles. The molecule has 0 aromatic carbocycles. The first kappa shape index (κ1) is 26.7. The molecule has 0 aromatic rings. The van der Waals surface area contributed by atoms with E-state index in [1.165, 1.54) is 6.42 Å². The van der Waals surface area contributed by atoms with Crippen LogP contribution in [-0.4, -0.2) is 47.2 Å². The zero-order valence-electron chi connectivity index (χ0n) is 13.4. The van der Waals surface area contributed by atoms with E-state index in [1.807, 2.05) is 6.26 Å². The van der Waals surface area contributed by atoms with E-state index in [0.29, 0.717) is 6.26 Å². The average Bonchev–Trinajstić information content (AvgIpc) is 2.44. The lowest BCUT2D eigenvalue weighted by atomic mass is 9.98. The topological polar surface area (TPSA) is 0 Å². The molecule has 1 rings (SSSR count). The number of hydrogen-bond acceptors (Lipinski definition) is 4. The zero-order chi connectivity index (χ0) is 20.8. The molecule has 1 saturated carbocycles. The molecule has 0 saturated heterocycles. The summed E-state index contributed by atoms with van der Waals surface area (Å²) in [5, 5.41) is 0.281. The Hall–Kier alpha value is 0.700. The van der Waals surface area contributed by atoms with E-state index in [2.05, 4.69) is 0 Å². The van der Waals surface area contributed by atoms with Crippen LogP contribution >= 0.6 is 43.2 Å². The minimum Gasteiger partial charge on any atom is -0.246 e. The third-order valence-corrected chi connectivity index (χ3v) is 7.90. The van der Waals surface area contributed by atoms with Gasteiger partial charge < -0.3 is 0 Å². The SMILES string of the molecule is CSSC(C(F)(F)F)(C(F)(F)F)C(F)(F)F.CSSC1CCCCC1F. The normalized spacial score (nSPS) is 22.6. The van der Waals surface area contributed by atoms with Crippen LogP contribution in [0.2, 0.25) is 0 Å². The van der Waals surface area contributed by atoms with Crippen LogP contribution in [0.5, 0.6) is 0 Å². The Morgan fingerprint density at radius 1 is 0.692 bits per heavy atom. The van der Waals surface area contributed by atoms with Gasteiger partial charge in [-0.05, 0) is 25.4 Å². The summed E-state index contributed by atoms with van der Waals surface area (Å²) >= 11 is 0. The first-order valence-corrected chi connectivity index (χ1v) is 12.1. The van der Waals surface area contributed by atoms with Gasteiger partial charge in [0.2, 0.25) is 0 Å². The second-order valence-electron chi connectivity index (χ2n) is 5.03. The fourth-order valence-electron chi connectivity index (χ4n) is 2.03. The first-order chi connectivity index (χ1) is 11.7.